The third-order valence-electron chi connectivity index (χ3n) is 4.07. The van der Waals surface area contributed by atoms with Gasteiger partial charge in [0.1, 0.15) is 5.72 Å². The molecule has 2 unspecified atom stereocenters. The highest BCUT2D eigenvalue weighted by Crippen LogP contribution is 2.30. The number of carbonyl (C=O) groups is 1. The van der Waals surface area contributed by atoms with Crippen LogP contribution in [-0.4, -0.2) is 16.6 Å². The van der Waals surface area contributed by atoms with Gasteiger partial charge in [-0.05, 0) is 10.8 Å². The maximum atomic E-state index is 12.8. The van der Waals surface area contributed by atoms with Gasteiger partial charge in [-0.25, -0.2) is 0 Å². The highest BCUT2D eigenvalue weighted by atomic mass is 16.3. The van der Waals surface area contributed by atoms with Gasteiger partial charge in [0.2, 0.25) is 0 Å². The normalized spacial score (nSPS) is 24.9. The molecule has 0 heterocycles. The Bertz CT molecular complexity index is 766. The second-order valence-corrected chi connectivity index (χ2v) is 5.44. The average molecular weight is 279 g/mol. The van der Waals surface area contributed by atoms with E-state index in [1.165, 1.54) is 0 Å². The smallest absolute Gasteiger partial charge is 0.193 e. The zero-order chi connectivity index (χ0) is 15.0. The van der Waals surface area contributed by atoms with Gasteiger partial charge in [-0.3, -0.25) is 10.5 Å². The molecule has 21 heavy (non-hydrogen) atoms. The number of benzene rings is 2. The van der Waals surface area contributed by atoms with Crippen molar-refractivity contribution >= 4 is 16.6 Å². The summed E-state index contributed by atoms with van der Waals surface area (Å²) in [4.78, 5) is 12.8. The van der Waals surface area contributed by atoms with E-state index in [-0.39, 0.29) is 17.3 Å². The number of aliphatic hydroxyl groups is 1. The molecular weight excluding hydrogens is 262 g/mol. The van der Waals surface area contributed by atoms with Crippen molar-refractivity contribution < 1.29 is 9.90 Å². The summed E-state index contributed by atoms with van der Waals surface area (Å²) in [6, 6.07) is 13.3. The lowest BCUT2D eigenvalue weighted by Gasteiger charge is -2.32. The molecule has 0 saturated heterocycles. The molecule has 0 bridgehead atoms. The van der Waals surface area contributed by atoms with Crippen molar-refractivity contribution in [3.63, 3.8) is 0 Å². The van der Waals surface area contributed by atoms with E-state index in [9.17, 15) is 9.90 Å². The Morgan fingerprint density at radius 1 is 1.19 bits per heavy atom. The third-order valence-corrected chi connectivity index (χ3v) is 4.07. The first kappa shape index (κ1) is 13.7. The Morgan fingerprint density at radius 2 is 1.90 bits per heavy atom. The summed E-state index contributed by atoms with van der Waals surface area (Å²) >= 11 is 0. The molecule has 1 aliphatic rings. The van der Waals surface area contributed by atoms with Crippen molar-refractivity contribution in [3.05, 3.63) is 71.8 Å². The standard InChI is InChI=1S/C18H17NO2/c1-12-6-4-11-16(18(12,19)21)17(20)15-10-5-8-13-7-2-3-9-14(13)15/h2-12,21H,19H2,1H3. The van der Waals surface area contributed by atoms with Crippen LogP contribution in [-0.2, 0) is 0 Å². The first-order valence-electron chi connectivity index (χ1n) is 6.94. The molecule has 0 radical (unpaired) electrons. The van der Waals surface area contributed by atoms with E-state index in [1.807, 2.05) is 36.4 Å². The number of nitrogens with two attached hydrogens (primary N) is 1. The van der Waals surface area contributed by atoms with Crippen molar-refractivity contribution in [2.45, 2.75) is 12.6 Å². The van der Waals surface area contributed by atoms with Gasteiger partial charge in [0.15, 0.2) is 5.78 Å². The summed E-state index contributed by atoms with van der Waals surface area (Å²) in [6.07, 6.45) is 5.16. The summed E-state index contributed by atoms with van der Waals surface area (Å²) in [5.74, 6) is -0.538. The maximum Gasteiger partial charge on any atom is 0.193 e. The molecule has 0 amide bonds. The van der Waals surface area contributed by atoms with Gasteiger partial charge in [0.05, 0.1) is 0 Å². The van der Waals surface area contributed by atoms with E-state index in [0.717, 1.165) is 10.8 Å². The summed E-state index contributed by atoms with van der Waals surface area (Å²) < 4.78 is 0. The van der Waals surface area contributed by atoms with Crippen LogP contribution in [0.25, 0.3) is 10.8 Å². The topological polar surface area (TPSA) is 63.3 Å². The lowest BCUT2D eigenvalue weighted by molar-refractivity contribution is 0.0432. The van der Waals surface area contributed by atoms with E-state index >= 15 is 0 Å². The average Bonchev–Trinajstić information content (AvgIpc) is 2.49. The minimum Gasteiger partial charge on any atom is -0.371 e. The van der Waals surface area contributed by atoms with Crippen LogP contribution in [0.5, 0.6) is 0 Å². The van der Waals surface area contributed by atoms with E-state index < -0.39 is 5.72 Å². The number of ketones is 1. The van der Waals surface area contributed by atoms with Crippen molar-refractivity contribution in [2.24, 2.45) is 11.7 Å². The Balaban J connectivity index is 2.14. The first-order chi connectivity index (χ1) is 10.0. The van der Waals surface area contributed by atoms with Gasteiger partial charge in [0.25, 0.3) is 0 Å². The molecule has 3 nitrogen and oxygen atoms in total. The number of Topliss-reactive ketones (excluding diaryl/α,β-unsaturated/α-hetero) is 1. The van der Waals surface area contributed by atoms with Crippen molar-refractivity contribution in [2.75, 3.05) is 0 Å². The quantitative estimate of drug-likeness (QED) is 0.656. The first-order valence-corrected chi connectivity index (χ1v) is 6.94. The van der Waals surface area contributed by atoms with Gasteiger partial charge in [0, 0.05) is 17.1 Å². The Kier molecular flexibility index (Phi) is 3.24. The largest absolute Gasteiger partial charge is 0.371 e. The molecule has 3 N–H and O–H groups in total. The zero-order valence-corrected chi connectivity index (χ0v) is 11.8. The fourth-order valence-corrected chi connectivity index (χ4v) is 2.67. The predicted octanol–water partition coefficient (Wildman–Crippen LogP) is 2.80. The molecule has 2 aromatic rings. The van der Waals surface area contributed by atoms with Gasteiger partial charge in [-0.2, -0.15) is 0 Å². The number of rotatable bonds is 2. The van der Waals surface area contributed by atoms with Crippen molar-refractivity contribution in [1.29, 1.82) is 0 Å². The molecule has 0 aromatic heterocycles. The molecule has 106 valence electrons. The van der Waals surface area contributed by atoms with Gasteiger partial charge in [-0.1, -0.05) is 67.6 Å². The summed E-state index contributed by atoms with van der Waals surface area (Å²) in [5.41, 5.74) is 5.12. The second-order valence-electron chi connectivity index (χ2n) is 5.44. The monoisotopic (exact) mass is 279 g/mol. The van der Waals surface area contributed by atoms with Crippen molar-refractivity contribution in [3.8, 4) is 0 Å². The second kappa shape index (κ2) is 4.95. The van der Waals surface area contributed by atoms with E-state index in [4.69, 9.17) is 5.73 Å². The van der Waals surface area contributed by atoms with Gasteiger partial charge < -0.3 is 5.11 Å². The van der Waals surface area contributed by atoms with E-state index in [2.05, 4.69) is 0 Å². The predicted molar refractivity (Wildman–Crippen MR) is 83.8 cm³/mol. The lowest BCUT2D eigenvalue weighted by atomic mass is 9.82. The molecule has 3 rings (SSSR count). The summed E-state index contributed by atoms with van der Waals surface area (Å²) in [7, 11) is 0. The van der Waals surface area contributed by atoms with Crippen molar-refractivity contribution in [1.82, 2.24) is 0 Å². The van der Waals surface area contributed by atoms with Crippen LogP contribution in [0.2, 0.25) is 0 Å². The van der Waals surface area contributed by atoms with Crippen LogP contribution < -0.4 is 5.73 Å². The Morgan fingerprint density at radius 3 is 2.71 bits per heavy atom. The molecular formula is C18H17NO2. The molecule has 2 aromatic carbocycles. The summed E-state index contributed by atoms with van der Waals surface area (Å²) in [5, 5.41) is 12.3. The van der Waals surface area contributed by atoms with Gasteiger partial charge >= 0.3 is 0 Å². The van der Waals surface area contributed by atoms with Crippen LogP contribution in [0.15, 0.2) is 66.3 Å². The van der Waals surface area contributed by atoms with Crippen LogP contribution in [0, 0.1) is 5.92 Å². The highest BCUT2D eigenvalue weighted by molar-refractivity contribution is 6.17. The molecule has 1 aliphatic carbocycles. The molecule has 3 heteroatoms. The molecule has 0 aliphatic heterocycles. The Hall–Kier alpha value is -2.23. The maximum absolute atomic E-state index is 12.8. The molecule has 0 saturated carbocycles. The minimum absolute atomic E-state index is 0.229. The third kappa shape index (κ3) is 2.20. The van der Waals surface area contributed by atoms with Crippen LogP contribution in [0.4, 0.5) is 0 Å². The number of hydrogen-bond acceptors (Lipinski definition) is 3. The fourth-order valence-electron chi connectivity index (χ4n) is 2.67. The number of allylic oxidation sites excluding steroid dienone is 2. The van der Waals surface area contributed by atoms with Crippen LogP contribution >= 0.6 is 0 Å². The minimum atomic E-state index is -1.64. The number of carbonyl (C=O) groups excluding carboxylic acids is 1. The highest BCUT2D eigenvalue weighted by Gasteiger charge is 2.38. The Labute approximate surface area is 123 Å². The molecule has 0 fully saturated rings. The SMILES string of the molecule is CC1C=CC=C(C(=O)c2cccc3ccccc23)C1(N)O. The van der Waals surface area contributed by atoms with E-state index in [1.54, 1.807) is 31.2 Å². The lowest BCUT2D eigenvalue weighted by Crippen LogP contribution is -2.50. The van der Waals surface area contributed by atoms with Crippen LogP contribution in [0.3, 0.4) is 0 Å². The fraction of sp³-hybridized carbons (Fsp3) is 0.167. The molecule has 0 spiro atoms. The number of fused-ring (bicyclic) bond motifs is 1. The van der Waals surface area contributed by atoms with Crippen LogP contribution in [0.1, 0.15) is 17.3 Å². The molecule has 2 atom stereocenters. The number of hydrogen-bond donors (Lipinski definition) is 2. The summed E-state index contributed by atoms with van der Waals surface area (Å²) in [6.45, 7) is 1.79. The zero-order valence-electron chi connectivity index (χ0n) is 11.8. The van der Waals surface area contributed by atoms with Gasteiger partial charge in [-0.15, -0.1) is 0 Å². The van der Waals surface area contributed by atoms with E-state index in [0.29, 0.717) is 5.56 Å².